The van der Waals surface area contributed by atoms with E-state index in [2.05, 4.69) is 6.58 Å². The van der Waals surface area contributed by atoms with Gasteiger partial charge in [-0.3, -0.25) is 4.79 Å². The molecule has 0 amide bonds. The van der Waals surface area contributed by atoms with Gasteiger partial charge >= 0.3 is 5.97 Å². The lowest BCUT2D eigenvalue weighted by molar-refractivity contribution is -0.136. The maximum atomic E-state index is 10.9. The van der Waals surface area contributed by atoms with E-state index in [1.165, 1.54) is 0 Å². The van der Waals surface area contributed by atoms with Crippen LogP contribution in [0.3, 0.4) is 0 Å². The molecule has 0 aliphatic carbocycles. The lowest BCUT2D eigenvalue weighted by atomic mass is 9.94. The van der Waals surface area contributed by atoms with Gasteiger partial charge in [0.15, 0.2) is 0 Å². The number of carboxylic acid groups (broad SMARTS) is 1. The van der Waals surface area contributed by atoms with E-state index in [9.17, 15) is 4.79 Å². The van der Waals surface area contributed by atoms with Crippen molar-refractivity contribution in [3.05, 3.63) is 77.9 Å². The molecule has 0 saturated carbocycles. The van der Waals surface area contributed by atoms with Gasteiger partial charge in [-0.05, 0) is 22.3 Å². The van der Waals surface area contributed by atoms with Crippen LogP contribution >= 0.6 is 0 Å². The molecule has 0 aliphatic heterocycles. The highest BCUT2D eigenvalue weighted by atomic mass is 16.4. The zero-order valence-corrected chi connectivity index (χ0v) is 9.97. The fourth-order valence-electron chi connectivity index (χ4n) is 1.93. The Bertz CT molecular complexity index is 571. The Morgan fingerprint density at radius 1 is 1.00 bits per heavy atom. The minimum absolute atomic E-state index is 0.0159. The highest BCUT2D eigenvalue weighted by molar-refractivity contribution is 5.82. The summed E-state index contributed by atoms with van der Waals surface area (Å²) in [6, 6.07) is 17.3. The SMILES string of the molecule is C=C(c1ccccc1)c1ccccc1CC(=O)O. The van der Waals surface area contributed by atoms with Crippen LogP contribution in [0.4, 0.5) is 0 Å². The monoisotopic (exact) mass is 238 g/mol. The van der Waals surface area contributed by atoms with Crippen molar-refractivity contribution in [1.82, 2.24) is 0 Å². The molecule has 2 rings (SSSR count). The second kappa shape index (κ2) is 5.32. The van der Waals surface area contributed by atoms with Crippen LogP contribution in [0.5, 0.6) is 0 Å². The number of aliphatic carboxylic acids is 1. The molecule has 18 heavy (non-hydrogen) atoms. The largest absolute Gasteiger partial charge is 0.481 e. The van der Waals surface area contributed by atoms with Gasteiger partial charge in [0.1, 0.15) is 0 Å². The minimum Gasteiger partial charge on any atom is -0.481 e. The summed E-state index contributed by atoms with van der Waals surface area (Å²) >= 11 is 0. The van der Waals surface area contributed by atoms with Crippen molar-refractivity contribution in [2.45, 2.75) is 6.42 Å². The predicted octanol–water partition coefficient (Wildman–Crippen LogP) is 3.38. The Kier molecular flexibility index (Phi) is 3.58. The average Bonchev–Trinajstić information content (AvgIpc) is 2.39. The van der Waals surface area contributed by atoms with Crippen LogP contribution in [0.15, 0.2) is 61.2 Å². The van der Waals surface area contributed by atoms with Crippen molar-refractivity contribution in [3.63, 3.8) is 0 Å². The molecular weight excluding hydrogens is 224 g/mol. The topological polar surface area (TPSA) is 37.3 Å². The van der Waals surface area contributed by atoms with Gasteiger partial charge in [0.05, 0.1) is 6.42 Å². The first-order chi connectivity index (χ1) is 8.68. The Hall–Kier alpha value is -2.35. The van der Waals surface area contributed by atoms with Crippen LogP contribution in [0, 0.1) is 0 Å². The molecule has 0 aromatic heterocycles. The van der Waals surface area contributed by atoms with Gasteiger partial charge in [-0.2, -0.15) is 0 Å². The molecule has 0 heterocycles. The van der Waals surface area contributed by atoms with Gasteiger partial charge in [0.25, 0.3) is 0 Å². The van der Waals surface area contributed by atoms with Crippen molar-refractivity contribution < 1.29 is 9.90 Å². The van der Waals surface area contributed by atoms with Crippen LogP contribution in [0.2, 0.25) is 0 Å². The fraction of sp³-hybridized carbons (Fsp3) is 0.0625. The molecule has 2 aromatic rings. The van der Waals surface area contributed by atoms with Gasteiger partial charge in [-0.1, -0.05) is 61.2 Å². The van der Waals surface area contributed by atoms with E-state index in [0.717, 1.165) is 22.3 Å². The number of hydrogen-bond donors (Lipinski definition) is 1. The Labute approximate surface area is 106 Å². The maximum Gasteiger partial charge on any atom is 0.307 e. The van der Waals surface area contributed by atoms with E-state index < -0.39 is 5.97 Å². The summed E-state index contributed by atoms with van der Waals surface area (Å²) in [5.74, 6) is -0.830. The molecule has 0 bridgehead atoms. The molecule has 0 spiro atoms. The molecule has 0 fully saturated rings. The first-order valence-electron chi connectivity index (χ1n) is 5.73. The maximum absolute atomic E-state index is 10.9. The molecule has 0 atom stereocenters. The Morgan fingerprint density at radius 3 is 2.28 bits per heavy atom. The smallest absolute Gasteiger partial charge is 0.307 e. The molecule has 2 heteroatoms. The second-order valence-electron chi connectivity index (χ2n) is 4.07. The summed E-state index contributed by atoms with van der Waals surface area (Å²) in [6.07, 6.45) is 0.0159. The van der Waals surface area contributed by atoms with Crippen molar-refractivity contribution in [3.8, 4) is 0 Å². The number of rotatable bonds is 4. The Morgan fingerprint density at radius 2 is 1.61 bits per heavy atom. The van der Waals surface area contributed by atoms with Gasteiger partial charge in [-0.15, -0.1) is 0 Å². The molecule has 0 aliphatic rings. The quantitative estimate of drug-likeness (QED) is 0.886. The highest BCUT2D eigenvalue weighted by Gasteiger charge is 2.09. The van der Waals surface area contributed by atoms with Gasteiger partial charge in [0.2, 0.25) is 0 Å². The molecular formula is C16H14O2. The van der Waals surface area contributed by atoms with Crippen LogP contribution in [-0.4, -0.2) is 11.1 Å². The summed E-state index contributed by atoms with van der Waals surface area (Å²) in [5, 5.41) is 8.91. The van der Waals surface area contributed by atoms with E-state index in [4.69, 9.17) is 5.11 Å². The summed E-state index contributed by atoms with van der Waals surface area (Å²) < 4.78 is 0. The molecule has 2 aromatic carbocycles. The van der Waals surface area contributed by atoms with Crippen LogP contribution in [-0.2, 0) is 11.2 Å². The highest BCUT2D eigenvalue weighted by Crippen LogP contribution is 2.24. The third-order valence-electron chi connectivity index (χ3n) is 2.81. The van der Waals surface area contributed by atoms with E-state index in [1.807, 2.05) is 54.6 Å². The Balaban J connectivity index is 2.39. The number of hydrogen-bond acceptors (Lipinski definition) is 1. The molecule has 0 unspecified atom stereocenters. The summed E-state index contributed by atoms with van der Waals surface area (Å²) in [7, 11) is 0. The number of carboxylic acids is 1. The fourth-order valence-corrected chi connectivity index (χ4v) is 1.93. The van der Waals surface area contributed by atoms with Crippen LogP contribution in [0.25, 0.3) is 5.57 Å². The van der Waals surface area contributed by atoms with Gasteiger partial charge in [0, 0.05) is 0 Å². The van der Waals surface area contributed by atoms with Crippen molar-refractivity contribution >= 4 is 11.5 Å². The van der Waals surface area contributed by atoms with E-state index in [0.29, 0.717) is 0 Å². The zero-order chi connectivity index (χ0) is 13.0. The molecule has 2 nitrogen and oxygen atoms in total. The van der Waals surface area contributed by atoms with Gasteiger partial charge < -0.3 is 5.11 Å². The van der Waals surface area contributed by atoms with Gasteiger partial charge in [-0.25, -0.2) is 0 Å². The molecule has 1 N–H and O–H groups in total. The second-order valence-corrected chi connectivity index (χ2v) is 4.07. The number of carbonyl (C=O) groups is 1. The first kappa shape index (κ1) is 12.1. The standard InChI is InChI=1S/C16H14O2/c1-12(13-7-3-2-4-8-13)15-10-6-5-9-14(15)11-16(17)18/h2-10H,1,11H2,(H,17,18). The molecule has 0 saturated heterocycles. The molecule has 0 radical (unpaired) electrons. The van der Waals surface area contributed by atoms with Crippen molar-refractivity contribution in [1.29, 1.82) is 0 Å². The van der Waals surface area contributed by atoms with E-state index >= 15 is 0 Å². The third kappa shape index (κ3) is 2.66. The number of benzene rings is 2. The first-order valence-corrected chi connectivity index (χ1v) is 5.73. The van der Waals surface area contributed by atoms with Crippen LogP contribution < -0.4 is 0 Å². The van der Waals surface area contributed by atoms with Crippen molar-refractivity contribution in [2.24, 2.45) is 0 Å². The predicted molar refractivity (Wildman–Crippen MR) is 72.4 cm³/mol. The molecule has 90 valence electrons. The van der Waals surface area contributed by atoms with E-state index in [1.54, 1.807) is 0 Å². The average molecular weight is 238 g/mol. The minimum atomic E-state index is -0.830. The lowest BCUT2D eigenvalue weighted by Crippen LogP contribution is -2.03. The summed E-state index contributed by atoms with van der Waals surface area (Å²) in [4.78, 5) is 10.9. The lowest BCUT2D eigenvalue weighted by Gasteiger charge is -2.10. The summed E-state index contributed by atoms with van der Waals surface area (Å²) in [6.45, 7) is 4.07. The van der Waals surface area contributed by atoms with Crippen LogP contribution in [0.1, 0.15) is 16.7 Å². The normalized spacial score (nSPS) is 10.0. The van der Waals surface area contributed by atoms with E-state index in [-0.39, 0.29) is 6.42 Å². The van der Waals surface area contributed by atoms with Crippen molar-refractivity contribution in [2.75, 3.05) is 0 Å². The summed E-state index contributed by atoms with van der Waals surface area (Å²) in [5.41, 5.74) is 3.55. The third-order valence-corrected chi connectivity index (χ3v) is 2.81. The zero-order valence-electron chi connectivity index (χ0n) is 9.97.